The second-order valence-corrected chi connectivity index (χ2v) is 5.41. The minimum atomic E-state index is -0.347. The highest BCUT2D eigenvalue weighted by molar-refractivity contribution is 5.25. The molecule has 1 aliphatic rings. The number of nitriles is 1. The van der Waals surface area contributed by atoms with Gasteiger partial charge in [-0.3, -0.25) is 4.90 Å². The number of hydrogen-bond acceptors (Lipinski definition) is 4. The number of nitrogens with two attached hydrogens (primary N) is 1. The van der Waals surface area contributed by atoms with Crippen LogP contribution in [0.25, 0.3) is 0 Å². The molecule has 2 rings (SSSR count). The first-order valence-electron chi connectivity index (χ1n) is 7.23. The van der Waals surface area contributed by atoms with E-state index in [0.29, 0.717) is 13.2 Å². The summed E-state index contributed by atoms with van der Waals surface area (Å²) in [5, 5.41) is 9.06. The number of nitrogens with zero attached hydrogens (tertiary/aromatic N) is 2. The summed E-state index contributed by atoms with van der Waals surface area (Å²) in [7, 11) is 0. The third-order valence-corrected chi connectivity index (χ3v) is 3.93. The van der Waals surface area contributed by atoms with Gasteiger partial charge in [-0.1, -0.05) is 36.8 Å². The van der Waals surface area contributed by atoms with Gasteiger partial charge >= 0.3 is 0 Å². The Bertz CT molecular complexity index is 466. The van der Waals surface area contributed by atoms with Gasteiger partial charge in [-0.05, 0) is 18.9 Å². The first-order chi connectivity index (χ1) is 9.65. The third-order valence-electron chi connectivity index (χ3n) is 3.93. The van der Waals surface area contributed by atoms with Crippen LogP contribution in [-0.2, 0) is 4.74 Å². The van der Waals surface area contributed by atoms with Crippen molar-refractivity contribution < 1.29 is 4.74 Å². The Hall–Kier alpha value is -1.41. The molecule has 0 saturated carbocycles. The summed E-state index contributed by atoms with van der Waals surface area (Å²) in [5.74, 6) is 0. The van der Waals surface area contributed by atoms with Gasteiger partial charge in [-0.15, -0.1) is 0 Å². The molecule has 4 heteroatoms. The van der Waals surface area contributed by atoms with Crippen LogP contribution >= 0.6 is 0 Å². The summed E-state index contributed by atoms with van der Waals surface area (Å²) >= 11 is 0. The van der Waals surface area contributed by atoms with E-state index in [-0.39, 0.29) is 18.2 Å². The number of hydrogen-bond donors (Lipinski definition) is 1. The summed E-state index contributed by atoms with van der Waals surface area (Å²) in [4.78, 5) is 2.29. The van der Waals surface area contributed by atoms with E-state index in [1.807, 2.05) is 0 Å². The van der Waals surface area contributed by atoms with Crippen molar-refractivity contribution in [2.24, 2.45) is 5.73 Å². The van der Waals surface area contributed by atoms with Crippen LogP contribution < -0.4 is 5.73 Å². The molecule has 2 N–H and O–H groups in total. The van der Waals surface area contributed by atoms with Crippen molar-refractivity contribution >= 4 is 0 Å². The summed E-state index contributed by atoms with van der Waals surface area (Å²) in [6, 6.07) is 10.9. The van der Waals surface area contributed by atoms with Gasteiger partial charge < -0.3 is 10.5 Å². The molecule has 1 saturated heterocycles. The molecule has 3 unspecified atom stereocenters. The maximum atomic E-state index is 9.06. The van der Waals surface area contributed by atoms with Gasteiger partial charge in [-0.2, -0.15) is 5.26 Å². The molecule has 20 heavy (non-hydrogen) atoms. The molecular weight excluding hydrogens is 250 g/mol. The zero-order valence-electron chi connectivity index (χ0n) is 12.2. The van der Waals surface area contributed by atoms with E-state index in [9.17, 15) is 0 Å². The van der Waals surface area contributed by atoms with E-state index in [0.717, 1.165) is 13.0 Å². The van der Waals surface area contributed by atoms with E-state index in [1.54, 1.807) is 0 Å². The Morgan fingerprint density at radius 2 is 2.15 bits per heavy atom. The lowest BCUT2D eigenvalue weighted by atomic mass is 9.95. The maximum absolute atomic E-state index is 9.06. The van der Waals surface area contributed by atoms with Gasteiger partial charge in [0.1, 0.15) is 0 Å². The minimum Gasteiger partial charge on any atom is -0.361 e. The first-order valence-corrected chi connectivity index (χ1v) is 7.23. The summed E-state index contributed by atoms with van der Waals surface area (Å²) in [5.41, 5.74) is 8.81. The van der Waals surface area contributed by atoms with Gasteiger partial charge in [0, 0.05) is 19.1 Å². The van der Waals surface area contributed by atoms with Gasteiger partial charge in [0.2, 0.25) is 0 Å². The van der Waals surface area contributed by atoms with Crippen LogP contribution in [0.15, 0.2) is 24.3 Å². The predicted octanol–water partition coefficient (Wildman–Crippen LogP) is 2.00. The topological polar surface area (TPSA) is 62.3 Å². The SMILES string of the molecule is CCC(N)C(c1ccc(C)cc1)N1CCOC(C#N)C1. The third kappa shape index (κ3) is 3.37. The quantitative estimate of drug-likeness (QED) is 0.911. The zero-order valence-corrected chi connectivity index (χ0v) is 12.2. The largest absolute Gasteiger partial charge is 0.361 e. The molecule has 0 bridgehead atoms. The van der Waals surface area contributed by atoms with Crippen LogP contribution in [0.5, 0.6) is 0 Å². The van der Waals surface area contributed by atoms with Crippen molar-refractivity contribution in [2.45, 2.75) is 38.5 Å². The highest BCUT2D eigenvalue weighted by Gasteiger charge is 2.30. The fourth-order valence-electron chi connectivity index (χ4n) is 2.72. The summed E-state index contributed by atoms with van der Waals surface area (Å²) < 4.78 is 5.43. The van der Waals surface area contributed by atoms with Crippen molar-refractivity contribution in [1.29, 1.82) is 5.26 Å². The lowest BCUT2D eigenvalue weighted by molar-refractivity contribution is -0.0222. The molecule has 0 radical (unpaired) electrons. The van der Waals surface area contributed by atoms with Crippen molar-refractivity contribution in [2.75, 3.05) is 19.7 Å². The van der Waals surface area contributed by atoms with Crippen molar-refractivity contribution in [3.8, 4) is 6.07 Å². The molecule has 0 aromatic heterocycles. The molecule has 0 amide bonds. The molecular formula is C16H23N3O. The Morgan fingerprint density at radius 3 is 2.75 bits per heavy atom. The predicted molar refractivity (Wildman–Crippen MR) is 79.1 cm³/mol. The van der Waals surface area contributed by atoms with E-state index >= 15 is 0 Å². The smallest absolute Gasteiger partial charge is 0.156 e. The molecule has 0 aliphatic carbocycles. The molecule has 1 heterocycles. The number of aryl methyl sites for hydroxylation is 1. The van der Waals surface area contributed by atoms with Gasteiger partial charge in [0.25, 0.3) is 0 Å². The van der Waals surface area contributed by atoms with Gasteiger partial charge in [0.05, 0.1) is 18.7 Å². The molecule has 108 valence electrons. The zero-order chi connectivity index (χ0) is 14.5. The lowest BCUT2D eigenvalue weighted by Gasteiger charge is -2.39. The van der Waals surface area contributed by atoms with E-state index < -0.39 is 0 Å². The van der Waals surface area contributed by atoms with E-state index in [2.05, 4.69) is 49.1 Å². The second-order valence-electron chi connectivity index (χ2n) is 5.41. The average molecular weight is 273 g/mol. The number of ether oxygens (including phenoxy) is 1. The molecule has 1 aromatic carbocycles. The second kappa shape index (κ2) is 6.85. The Balaban J connectivity index is 2.23. The van der Waals surface area contributed by atoms with E-state index in [4.69, 9.17) is 15.7 Å². The van der Waals surface area contributed by atoms with Crippen molar-refractivity contribution in [1.82, 2.24) is 4.90 Å². The molecule has 1 fully saturated rings. The monoisotopic (exact) mass is 273 g/mol. The van der Waals surface area contributed by atoms with Crippen LogP contribution in [0, 0.1) is 18.3 Å². The van der Waals surface area contributed by atoms with Crippen LogP contribution in [0.1, 0.15) is 30.5 Å². The average Bonchev–Trinajstić information content (AvgIpc) is 2.49. The minimum absolute atomic E-state index is 0.0650. The van der Waals surface area contributed by atoms with Gasteiger partial charge in [-0.25, -0.2) is 0 Å². The fourth-order valence-corrected chi connectivity index (χ4v) is 2.72. The molecule has 1 aromatic rings. The Kier molecular flexibility index (Phi) is 5.13. The van der Waals surface area contributed by atoms with Crippen LogP contribution in [-0.4, -0.2) is 36.7 Å². The first kappa shape index (κ1) is 15.0. The normalized spacial score (nSPS) is 23.0. The van der Waals surface area contributed by atoms with Crippen LogP contribution in [0.2, 0.25) is 0 Å². The van der Waals surface area contributed by atoms with E-state index in [1.165, 1.54) is 11.1 Å². The molecule has 1 aliphatic heterocycles. The molecule has 0 spiro atoms. The molecule has 3 atom stereocenters. The Labute approximate surface area is 121 Å². The number of benzene rings is 1. The highest BCUT2D eigenvalue weighted by atomic mass is 16.5. The highest BCUT2D eigenvalue weighted by Crippen LogP contribution is 2.27. The number of morpholine rings is 1. The van der Waals surface area contributed by atoms with Gasteiger partial charge in [0.15, 0.2) is 6.10 Å². The van der Waals surface area contributed by atoms with Crippen LogP contribution in [0.4, 0.5) is 0 Å². The van der Waals surface area contributed by atoms with Crippen molar-refractivity contribution in [3.63, 3.8) is 0 Å². The standard InChI is InChI=1S/C16H23N3O/c1-3-15(18)16(13-6-4-12(2)5-7-13)19-8-9-20-14(10-17)11-19/h4-7,14-16H,3,8-9,11,18H2,1-2H3. The molecule has 4 nitrogen and oxygen atoms in total. The van der Waals surface area contributed by atoms with Crippen LogP contribution in [0.3, 0.4) is 0 Å². The summed E-state index contributed by atoms with van der Waals surface area (Å²) in [6.07, 6.45) is 0.563. The van der Waals surface area contributed by atoms with Crippen molar-refractivity contribution in [3.05, 3.63) is 35.4 Å². The number of rotatable bonds is 4. The summed E-state index contributed by atoms with van der Waals surface area (Å²) in [6.45, 7) is 6.23. The lowest BCUT2D eigenvalue weighted by Crippen LogP contribution is -2.49. The maximum Gasteiger partial charge on any atom is 0.156 e. The fraction of sp³-hybridized carbons (Fsp3) is 0.562. The Morgan fingerprint density at radius 1 is 1.45 bits per heavy atom.